The summed E-state index contributed by atoms with van der Waals surface area (Å²) < 4.78 is 25.3. The van der Waals surface area contributed by atoms with E-state index in [-0.39, 0.29) is 18.4 Å². The number of nitrogens with one attached hydrogen (secondary N) is 2. The van der Waals surface area contributed by atoms with Crippen LogP contribution in [-0.2, 0) is 4.79 Å². The number of hydrogen-bond donors (Lipinski definition) is 3. The van der Waals surface area contributed by atoms with Gasteiger partial charge in [-0.3, -0.25) is 14.6 Å². The highest BCUT2D eigenvalue weighted by molar-refractivity contribution is 7.98. The van der Waals surface area contributed by atoms with Crippen molar-refractivity contribution in [2.24, 2.45) is 0 Å². The number of benzene rings is 3. The highest BCUT2D eigenvalue weighted by Gasteiger charge is 2.35. The van der Waals surface area contributed by atoms with Crippen LogP contribution in [0.2, 0.25) is 0 Å². The van der Waals surface area contributed by atoms with Gasteiger partial charge >= 0.3 is 5.97 Å². The number of hydrogen-bond acceptors (Lipinski definition) is 9. The molecule has 11 nitrogen and oxygen atoms in total. The first-order valence-electron chi connectivity index (χ1n) is 15.6. The molecule has 13 heteroatoms. The fourth-order valence-electron chi connectivity index (χ4n) is 5.78. The van der Waals surface area contributed by atoms with E-state index >= 15 is 0 Å². The lowest BCUT2D eigenvalue weighted by molar-refractivity contribution is -0.139. The van der Waals surface area contributed by atoms with Crippen molar-refractivity contribution < 1.29 is 33.4 Å². The van der Waals surface area contributed by atoms with E-state index in [1.54, 1.807) is 82.4 Å². The molecular weight excluding hydrogens is 637 g/mol. The maximum atomic E-state index is 14.2. The zero-order valence-corrected chi connectivity index (χ0v) is 27.4. The SMILES string of the molecule is CSCC[C@@H](C(=O)O)N(c1ccc2cc(C(=O)Nc3cc(NC(=O)c4ccc5c(c4)OCCO5)ccc3C)ccc2n1)N1CC[C@H](F)C1. The summed E-state index contributed by atoms with van der Waals surface area (Å²) in [7, 11) is 0. The summed E-state index contributed by atoms with van der Waals surface area (Å²) in [6, 6.07) is 17.9. The van der Waals surface area contributed by atoms with Gasteiger partial charge in [-0.05, 0) is 98.0 Å². The number of amides is 2. The molecule has 1 saturated heterocycles. The van der Waals surface area contributed by atoms with E-state index in [1.165, 1.54) is 0 Å². The van der Waals surface area contributed by atoms with Crippen LogP contribution in [0.4, 0.5) is 21.6 Å². The molecule has 0 unspecified atom stereocenters. The van der Waals surface area contributed by atoms with Crippen LogP contribution in [0.3, 0.4) is 0 Å². The van der Waals surface area contributed by atoms with E-state index < -0.39 is 18.2 Å². The monoisotopic (exact) mass is 673 g/mol. The summed E-state index contributed by atoms with van der Waals surface area (Å²) in [6.07, 6.45) is 1.57. The second-order valence-electron chi connectivity index (χ2n) is 11.7. The Kier molecular flexibility index (Phi) is 9.97. The first kappa shape index (κ1) is 33.0. The Morgan fingerprint density at radius 2 is 1.75 bits per heavy atom. The van der Waals surface area contributed by atoms with E-state index in [9.17, 15) is 23.9 Å². The number of halogens is 1. The van der Waals surface area contributed by atoms with Crippen LogP contribution in [0.15, 0.2) is 66.7 Å². The third-order valence-electron chi connectivity index (χ3n) is 8.31. The number of thioether (sulfide) groups is 1. The smallest absolute Gasteiger partial charge is 0.328 e. The van der Waals surface area contributed by atoms with Crippen LogP contribution in [0.1, 0.15) is 39.1 Å². The van der Waals surface area contributed by atoms with Gasteiger partial charge in [0.1, 0.15) is 31.2 Å². The molecule has 6 rings (SSSR count). The number of anilines is 3. The van der Waals surface area contributed by atoms with E-state index in [0.717, 1.165) is 5.56 Å². The van der Waals surface area contributed by atoms with Crippen LogP contribution < -0.4 is 25.1 Å². The zero-order valence-electron chi connectivity index (χ0n) is 26.6. The normalized spacial score (nSPS) is 16.4. The Morgan fingerprint density at radius 3 is 2.50 bits per heavy atom. The lowest BCUT2D eigenvalue weighted by Crippen LogP contribution is -2.52. The average molecular weight is 674 g/mol. The van der Waals surface area contributed by atoms with Crippen molar-refractivity contribution in [3.8, 4) is 11.5 Å². The number of carbonyl (C=O) groups excluding carboxylic acids is 2. The molecule has 2 aliphatic rings. The standard InChI is InChI=1S/C35H36FN5O6S/c1-21-3-7-26(37-33(42)24-5-9-30-31(18-24)47-15-14-46-30)19-28(21)39-34(43)23-4-8-27-22(17-23)6-10-32(38-27)41(40-13-11-25(36)20-40)29(35(44)45)12-16-48-2/h3-10,17-19,25,29H,11-16,20H2,1-2H3,(H,37,42)(H,39,43)(H,44,45)/t25-,29-/m0/s1. The molecule has 2 atom stereocenters. The average Bonchev–Trinajstić information content (AvgIpc) is 3.52. The van der Waals surface area contributed by atoms with Gasteiger partial charge in [0.05, 0.1) is 5.52 Å². The lowest BCUT2D eigenvalue weighted by Gasteiger charge is -2.37. The maximum absolute atomic E-state index is 14.2. The van der Waals surface area contributed by atoms with Gasteiger partial charge in [-0.25, -0.2) is 19.2 Å². The van der Waals surface area contributed by atoms with Gasteiger partial charge in [-0.15, -0.1) is 0 Å². The number of aryl methyl sites for hydroxylation is 1. The molecule has 4 aromatic rings. The number of hydrazine groups is 1. The molecule has 3 N–H and O–H groups in total. The van der Waals surface area contributed by atoms with Crippen molar-refractivity contribution in [2.45, 2.75) is 32.0 Å². The predicted molar refractivity (Wildman–Crippen MR) is 184 cm³/mol. The first-order chi connectivity index (χ1) is 23.2. The minimum Gasteiger partial charge on any atom is -0.486 e. The number of carboxylic acids is 1. The molecule has 3 heterocycles. The van der Waals surface area contributed by atoms with Crippen molar-refractivity contribution in [1.82, 2.24) is 9.99 Å². The van der Waals surface area contributed by atoms with Crippen LogP contribution >= 0.6 is 11.8 Å². The van der Waals surface area contributed by atoms with E-state index in [4.69, 9.17) is 14.5 Å². The van der Waals surface area contributed by atoms with Gasteiger partial charge in [-0.1, -0.05) is 6.07 Å². The second kappa shape index (κ2) is 14.5. The molecule has 3 aromatic carbocycles. The number of aromatic nitrogens is 1. The number of pyridine rings is 1. The molecule has 1 aromatic heterocycles. The molecule has 0 aliphatic carbocycles. The molecule has 1 fully saturated rings. The number of nitrogens with zero attached hydrogens (tertiary/aromatic N) is 3. The van der Waals surface area contributed by atoms with Gasteiger partial charge in [0.15, 0.2) is 11.5 Å². The summed E-state index contributed by atoms with van der Waals surface area (Å²) in [6.45, 7) is 3.23. The third-order valence-corrected chi connectivity index (χ3v) is 8.95. The van der Waals surface area contributed by atoms with Gasteiger partial charge in [-0.2, -0.15) is 11.8 Å². The van der Waals surface area contributed by atoms with Crippen LogP contribution in [0, 0.1) is 6.92 Å². The first-order valence-corrected chi connectivity index (χ1v) is 17.0. The van der Waals surface area contributed by atoms with Crippen molar-refractivity contribution >= 4 is 57.6 Å². The summed E-state index contributed by atoms with van der Waals surface area (Å²) in [5.41, 5.74) is 3.21. The minimum atomic E-state index is -1.04. The highest BCUT2D eigenvalue weighted by Crippen LogP contribution is 2.32. The van der Waals surface area contributed by atoms with Crippen LogP contribution in [0.5, 0.6) is 11.5 Å². The summed E-state index contributed by atoms with van der Waals surface area (Å²) in [5.74, 6) is 0.465. The van der Waals surface area contributed by atoms with Crippen LogP contribution in [0.25, 0.3) is 10.9 Å². The van der Waals surface area contributed by atoms with Crippen molar-refractivity contribution in [3.63, 3.8) is 0 Å². The number of carboxylic acid groups (broad SMARTS) is 1. The molecular formula is C35H36FN5O6S. The Labute approximate surface area is 281 Å². The lowest BCUT2D eigenvalue weighted by atomic mass is 10.1. The minimum absolute atomic E-state index is 0.102. The Hall–Kier alpha value is -4.88. The number of fused-ring (bicyclic) bond motifs is 2. The van der Waals surface area contributed by atoms with Crippen LogP contribution in [-0.4, -0.2) is 83.4 Å². The number of rotatable bonds is 11. The molecule has 2 aliphatic heterocycles. The topological polar surface area (TPSA) is 133 Å². The quantitative estimate of drug-likeness (QED) is 0.180. The molecule has 0 spiro atoms. The zero-order chi connectivity index (χ0) is 33.8. The number of carbonyl (C=O) groups is 3. The molecule has 2 amide bonds. The van der Waals surface area contributed by atoms with Crippen molar-refractivity contribution in [3.05, 3.63) is 83.4 Å². The summed E-state index contributed by atoms with van der Waals surface area (Å²) in [4.78, 5) is 43.4. The molecule has 0 radical (unpaired) electrons. The van der Waals surface area contributed by atoms with Crippen molar-refractivity contribution in [1.29, 1.82) is 0 Å². The van der Waals surface area contributed by atoms with Crippen molar-refractivity contribution in [2.75, 3.05) is 54.0 Å². The molecule has 250 valence electrons. The fourth-order valence-corrected chi connectivity index (χ4v) is 6.24. The maximum Gasteiger partial charge on any atom is 0.328 e. The van der Waals surface area contributed by atoms with Gasteiger partial charge < -0.3 is 25.2 Å². The van der Waals surface area contributed by atoms with E-state index in [2.05, 4.69) is 10.6 Å². The fraction of sp³-hybridized carbons (Fsp3) is 0.314. The molecule has 48 heavy (non-hydrogen) atoms. The predicted octanol–water partition coefficient (Wildman–Crippen LogP) is 5.79. The van der Waals surface area contributed by atoms with Gasteiger partial charge in [0.25, 0.3) is 11.8 Å². The third kappa shape index (κ3) is 7.32. The molecule has 0 bridgehead atoms. The molecule has 0 saturated carbocycles. The number of ether oxygens (including phenoxy) is 2. The number of aliphatic carboxylic acids is 1. The van der Waals surface area contributed by atoms with Gasteiger partial charge in [0, 0.05) is 41.0 Å². The van der Waals surface area contributed by atoms with E-state index in [0.29, 0.717) is 89.1 Å². The van der Waals surface area contributed by atoms with E-state index in [1.807, 2.05) is 19.2 Å². The Bertz CT molecular complexity index is 1860. The summed E-state index contributed by atoms with van der Waals surface area (Å²) in [5, 5.41) is 19.9. The highest BCUT2D eigenvalue weighted by atomic mass is 32.2. The van der Waals surface area contributed by atoms with Gasteiger partial charge in [0.2, 0.25) is 0 Å². The second-order valence-corrected chi connectivity index (χ2v) is 12.6. The summed E-state index contributed by atoms with van der Waals surface area (Å²) >= 11 is 1.55. The Morgan fingerprint density at radius 1 is 1.00 bits per heavy atom. The largest absolute Gasteiger partial charge is 0.486 e. The Balaban J connectivity index is 1.19. The number of alkyl halides is 1.